The largest absolute Gasteiger partial charge is 0.276 e. The third-order valence-corrected chi connectivity index (χ3v) is 14.2. The normalized spacial score (nSPS) is 14.8. The summed E-state index contributed by atoms with van der Waals surface area (Å²) in [6.07, 6.45) is 0. The van der Waals surface area contributed by atoms with Gasteiger partial charge in [-0.15, -0.1) is 5.47 Å². The topological polar surface area (TPSA) is 0 Å². The van der Waals surface area contributed by atoms with Crippen LogP contribution in [0.2, 0.25) is 0 Å². The summed E-state index contributed by atoms with van der Waals surface area (Å²) in [6.45, 7) is 2.98. The number of rotatable bonds is 5. The van der Waals surface area contributed by atoms with Crippen LogP contribution < -0.4 is 21.5 Å². The van der Waals surface area contributed by atoms with Gasteiger partial charge in [-0.3, -0.25) is 0 Å². The average Bonchev–Trinajstić information content (AvgIpc) is 3.11. The van der Waals surface area contributed by atoms with Crippen LogP contribution in [0.15, 0.2) is 54.3 Å². The standard InChI is InChI=1S/C34H15BF15P/c1-12-3-7-14(8-4-12)51(15-9-5-13(2)6-10-15)11-16(17-20(36)26(42)32(48)27(43)21(17)37)35(51,18-22(38)28(44)33(49)29(45)23(18)39)19-24(40)30(46)34(50)31(47)25(19)41/h3-11H,1-2H3. The van der Waals surface area contributed by atoms with Gasteiger partial charge in [0.1, 0.15) is 23.3 Å². The first-order valence-corrected chi connectivity index (χ1v) is 16.3. The summed E-state index contributed by atoms with van der Waals surface area (Å²) in [7, 11) is -4.86. The Hall–Kier alpha value is -4.72. The van der Waals surface area contributed by atoms with Crippen molar-refractivity contribution in [2.45, 2.75) is 13.8 Å². The van der Waals surface area contributed by atoms with Gasteiger partial charge in [0.25, 0.3) is 5.87 Å². The smallest absolute Gasteiger partial charge is 0.207 e. The van der Waals surface area contributed by atoms with Crippen LogP contribution in [-0.4, -0.2) is 5.87 Å². The van der Waals surface area contributed by atoms with Gasteiger partial charge in [0, 0.05) is 5.56 Å². The van der Waals surface area contributed by atoms with E-state index in [9.17, 15) is 22.0 Å². The molecule has 1 heterocycles. The predicted molar refractivity (Wildman–Crippen MR) is 160 cm³/mol. The molecule has 6 rings (SSSR count). The van der Waals surface area contributed by atoms with E-state index in [1.807, 2.05) is 0 Å². The Labute approximate surface area is 278 Å². The van der Waals surface area contributed by atoms with E-state index in [2.05, 4.69) is 0 Å². The fraction of sp³-hybridized carbons (Fsp3) is 0.0588. The Bertz CT molecular complexity index is 2140. The maximum atomic E-state index is 16.3. The van der Waals surface area contributed by atoms with Crippen LogP contribution in [0.5, 0.6) is 0 Å². The molecule has 0 aromatic heterocycles. The Balaban J connectivity index is 2.05. The number of aryl methyl sites for hydroxylation is 2. The van der Waals surface area contributed by atoms with Crippen LogP contribution in [0.3, 0.4) is 0 Å². The summed E-state index contributed by atoms with van der Waals surface area (Å²) in [5.74, 6) is -47.5. The molecule has 0 unspecified atom stereocenters. The molecule has 1 aliphatic heterocycles. The minimum atomic E-state index is -5.29. The van der Waals surface area contributed by atoms with E-state index in [4.69, 9.17) is 0 Å². The van der Waals surface area contributed by atoms with E-state index >= 15 is 43.9 Å². The molecule has 0 saturated heterocycles. The summed E-state index contributed by atoms with van der Waals surface area (Å²) in [4.78, 5) is 0. The first-order valence-electron chi connectivity index (χ1n) is 14.3. The Morgan fingerprint density at radius 2 is 0.608 bits per heavy atom. The van der Waals surface area contributed by atoms with Crippen molar-refractivity contribution in [3.05, 3.63) is 158 Å². The molecule has 0 aliphatic carbocycles. The van der Waals surface area contributed by atoms with Crippen molar-refractivity contribution >= 4 is 40.0 Å². The third kappa shape index (κ3) is 4.64. The minimum Gasteiger partial charge on any atom is -0.207 e. The zero-order chi connectivity index (χ0) is 37.6. The van der Waals surface area contributed by atoms with Gasteiger partial charge >= 0.3 is 0 Å². The lowest BCUT2D eigenvalue weighted by Crippen LogP contribution is -2.72. The van der Waals surface area contributed by atoms with Crippen LogP contribution >= 0.6 is 7.14 Å². The van der Waals surface area contributed by atoms with E-state index in [-0.39, 0.29) is 10.6 Å². The predicted octanol–water partition coefficient (Wildman–Crippen LogP) is 8.71. The van der Waals surface area contributed by atoms with Gasteiger partial charge in [0.15, 0.2) is 58.2 Å². The van der Waals surface area contributed by atoms with Gasteiger partial charge < -0.3 is 0 Å². The molecule has 0 N–H and O–H groups in total. The molecule has 264 valence electrons. The Morgan fingerprint density at radius 3 is 0.902 bits per heavy atom. The highest BCUT2D eigenvalue weighted by molar-refractivity contribution is 8.27. The van der Waals surface area contributed by atoms with Gasteiger partial charge in [0.2, 0.25) is 5.82 Å². The molecular formula is C34H15BF15P. The summed E-state index contributed by atoms with van der Waals surface area (Å²) >= 11 is 0. The molecule has 5 aromatic carbocycles. The highest BCUT2D eigenvalue weighted by atomic mass is 31.2. The number of hydrogen-bond acceptors (Lipinski definition) is 0. The maximum absolute atomic E-state index is 16.3. The van der Waals surface area contributed by atoms with Crippen LogP contribution in [0.4, 0.5) is 65.9 Å². The quantitative estimate of drug-likeness (QED) is 0.0555. The van der Waals surface area contributed by atoms with Crippen molar-refractivity contribution in [3.63, 3.8) is 0 Å². The van der Waals surface area contributed by atoms with E-state index in [0.29, 0.717) is 16.9 Å². The molecule has 17 heteroatoms. The zero-order valence-corrected chi connectivity index (χ0v) is 26.3. The Kier molecular flexibility index (Phi) is 8.64. The van der Waals surface area contributed by atoms with E-state index < -0.39 is 122 Å². The fourth-order valence-electron chi connectivity index (χ4n) is 6.88. The fourth-order valence-corrected chi connectivity index (χ4v) is 12.3. The second kappa shape index (κ2) is 12.2. The third-order valence-electron chi connectivity index (χ3n) is 9.15. The second-order valence-corrected chi connectivity index (χ2v) is 15.4. The molecule has 0 saturated carbocycles. The van der Waals surface area contributed by atoms with Gasteiger partial charge in [-0.25, -0.2) is 65.9 Å². The molecular weight excluding hydrogens is 735 g/mol. The second-order valence-electron chi connectivity index (χ2n) is 11.8. The van der Waals surface area contributed by atoms with Gasteiger partial charge in [-0.2, -0.15) is 0 Å². The van der Waals surface area contributed by atoms with E-state index in [0.717, 1.165) is 24.3 Å². The molecule has 0 atom stereocenters. The van der Waals surface area contributed by atoms with Crippen LogP contribution in [0.25, 0.3) is 5.47 Å². The molecule has 51 heavy (non-hydrogen) atoms. The van der Waals surface area contributed by atoms with Crippen LogP contribution in [-0.2, 0) is 0 Å². The lowest BCUT2D eigenvalue weighted by atomic mass is 9.31. The highest BCUT2D eigenvalue weighted by Crippen LogP contribution is 2.77. The highest BCUT2D eigenvalue weighted by Gasteiger charge is 2.70. The zero-order valence-electron chi connectivity index (χ0n) is 25.4. The molecule has 0 bridgehead atoms. The first-order chi connectivity index (χ1) is 23.9. The maximum Gasteiger partial charge on any atom is 0.276 e. The lowest BCUT2D eigenvalue weighted by Gasteiger charge is -2.58. The molecule has 0 fully saturated rings. The number of hydrogen-bond donors (Lipinski definition) is 0. The van der Waals surface area contributed by atoms with Crippen molar-refractivity contribution in [2.24, 2.45) is 0 Å². The van der Waals surface area contributed by atoms with Crippen molar-refractivity contribution in [1.29, 1.82) is 0 Å². The summed E-state index contributed by atoms with van der Waals surface area (Å²) < 4.78 is 231. The lowest BCUT2D eigenvalue weighted by molar-refractivity contribution is 0.376. The van der Waals surface area contributed by atoms with Crippen LogP contribution in [0.1, 0.15) is 16.7 Å². The SMILES string of the molecule is Cc1ccc([P+]2(c3ccc(C)cc3)C=C(c3c(F)c(F)c(F)c(F)c3F)[B-]2(c2c(F)c(F)c(F)c(F)c2F)c2c(F)c(F)c(F)c(F)c2F)cc1. The molecule has 0 nitrogen and oxygen atoms in total. The van der Waals surface area contributed by atoms with E-state index in [1.165, 1.54) is 38.1 Å². The average molecular weight is 750 g/mol. The van der Waals surface area contributed by atoms with Crippen molar-refractivity contribution in [3.8, 4) is 0 Å². The summed E-state index contributed by atoms with van der Waals surface area (Å²) in [5.41, 5.74) is -7.75. The van der Waals surface area contributed by atoms with Gasteiger partial charge in [-0.05, 0) is 51.1 Å². The summed E-state index contributed by atoms with van der Waals surface area (Å²) in [6, 6.07) is 9.38. The van der Waals surface area contributed by atoms with Crippen molar-refractivity contribution < 1.29 is 65.9 Å². The molecule has 5 aromatic rings. The molecule has 0 radical (unpaired) electrons. The van der Waals surface area contributed by atoms with Gasteiger partial charge in [-0.1, -0.05) is 46.3 Å². The first kappa shape index (κ1) is 36.1. The van der Waals surface area contributed by atoms with Gasteiger partial charge in [0.05, 0.1) is 10.6 Å². The van der Waals surface area contributed by atoms with Crippen LogP contribution in [0, 0.1) is 101 Å². The molecule has 0 amide bonds. The number of benzene rings is 5. The summed E-state index contributed by atoms with van der Waals surface area (Å²) in [5, 5.41) is -0.727. The molecule has 1 aliphatic rings. The van der Waals surface area contributed by atoms with Crippen molar-refractivity contribution in [1.82, 2.24) is 0 Å². The van der Waals surface area contributed by atoms with E-state index in [1.54, 1.807) is 0 Å². The Morgan fingerprint density at radius 1 is 0.353 bits per heavy atom. The molecule has 0 spiro atoms. The number of halogens is 15. The van der Waals surface area contributed by atoms with Crippen molar-refractivity contribution in [2.75, 3.05) is 0 Å². The minimum absolute atomic E-state index is 0.363. The monoisotopic (exact) mass is 750 g/mol.